The summed E-state index contributed by atoms with van der Waals surface area (Å²) in [7, 11) is -5.92. The van der Waals surface area contributed by atoms with Gasteiger partial charge in [-0.15, -0.1) is 0 Å². The topological polar surface area (TPSA) is 83.5 Å². The Labute approximate surface area is 152 Å². The number of carbonyl (C=O) groups is 1. The van der Waals surface area contributed by atoms with E-state index in [0.717, 1.165) is 19.3 Å². The van der Waals surface area contributed by atoms with Crippen molar-refractivity contribution in [1.82, 2.24) is 0 Å². The van der Waals surface area contributed by atoms with Gasteiger partial charge in [-0.05, 0) is 82.0 Å². The number of ether oxygens (including phenoxy) is 1. The Morgan fingerprint density at radius 2 is 1.42 bits per heavy atom. The second-order valence-electron chi connectivity index (χ2n) is 9.11. The SMILES string of the molecule is O=C(OC1(C(F)(F)S(=O)(=O)[O-])CCCCC1)C12CC3CC(CC(C3)C1)C2. The molecule has 0 unspecified atom stereocenters. The molecule has 5 aliphatic carbocycles. The van der Waals surface area contributed by atoms with Crippen LogP contribution in [0.1, 0.15) is 70.6 Å². The number of alkyl halides is 2. The van der Waals surface area contributed by atoms with Crippen molar-refractivity contribution in [2.45, 2.75) is 81.5 Å². The van der Waals surface area contributed by atoms with Crippen molar-refractivity contribution in [2.75, 3.05) is 0 Å². The molecule has 0 saturated heterocycles. The summed E-state index contributed by atoms with van der Waals surface area (Å²) in [5, 5.41) is -4.60. The Hall–Kier alpha value is -0.760. The molecule has 0 heterocycles. The minimum absolute atomic E-state index is 0.278. The molecule has 0 radical (unpaired) electrons. The monoisotopic (exact) mass is 391 g/mol. The van der Waals surface area contributed by atoms with Crippen LogP contribution in [-0.2, 0) is 19.6 Å². The Balaban J connectivity index is 1.63. The molecule has 5 nitrogen and oxygen atoms in total. The third kappa shape index (κ3) is 2.70. The van der Waals surface area contributed by atoms with Gasteiger partial charge in [0.2, 0.25) is 0 Å². The minimum atomic E-state index is -5.92. The fourth-order valence-corrected chi connectivity index (χ4v) is 7.15. The smallest absolute Gasteiger partial charge is 0.372 e. The molecule has 0 amide bonds. The largest absolute Gasteiger partial charge is 0.743 e. The van der Waals surface area contributed by atoms with Crippen molar-refractivity contribution >= 4 is 16.1 Å². The third-order valence-electron chi connectivity index (χ3n) is 7.26. The van der Waals surface area contributed by atoms with E-state index >= 15 is 0 Å². The normalized spacial score (nSPS) is 39.0. The van der Waals surface area contributed by atoms with Gasteiger partial charge in [0, 0.05) is 0 Å². The summed E-state index contributed by atoms with van der Waals surface area (Å²) in [5.41, 5.74) is -3.27. The van der Waals surface area contributed by atoms with Crippen LogP contribution in [0.4, 0.5) is 8.78 Å². The van der Waals surface area contributed by atoms with Crippen LogP contribution >= 0.6 is 0 Å². The molecule has 0 aliphatic heterocycles. The van der Waals surface area contributed by atoms with Gasteiger partial charge in [0.25, 0.3) is 0 Å². The highest BCUT2D eigenvalue weighted by Crippen LogP contribution is 2.61. The Morgan fingerprint density at radius 1 is 0.962 bits per heavy atom. The van der Waals surface area contributed by atoms with Gasteiger partial charge < -0.3 is 9.29 Å². The Bertz CT molecular complexity index is 661. The molecule has 4 bridgehead atoms. The molecule has 0 aromatic heterocycles. The maximum absolute atomic E-state index is 14.6. The third-order valence-corrected chi connectivity index (χ3v) is 8.26. The van der Waals surface area contributed by atoms with Gasteiger partial charge in [-0.2, -0.15) is 8.78 Å². The first-order valence-electron chi connectivity index (χ1n) is 9.64. The van der Waals surface area contributed by atoms with Crippen LogP contribution < -0.4 is 0 Å². The minimum Gasteiger partial charge on any atom is -0.743 e. The predicted molar refractivity (Wildman–Crippen MR) is 87.2 cm³/mol. The molecule has 0 spiro atoms. The van der Waals surface area contributed by atoms with Gasteiger partial charge in [-0.25, -0.2) is 8.42 Å². The zero-order valence-corrected chi connectivity index (χ0v) is 15.5. The van der Waals surface area contributed by atoms with Gasteiger partial charge >= 0.3 is 11.2 Å². The van der Waals surface area contributed by atoms with Crippen LogP contribution in [0.3, 0.4) is 0 Å². The summed E-state index contributed by atoms with van der Waals surface area (Å²) >= 11 is 0. The van der Waals surface area contributed by atoms with Crippen molar-refractivity contribution in [2.24, 2.45) is 23.2 Å². The van der Waals surface area contributed by atoms with E-state index in [4.69, 9.17) is 4.74 Å². The lowest BCUT2D eigenvalue weighted by molar-refractivity contribution is -0.217. The van der Waals surface area contributed by atoms with Crippen molar-refractivity contribution in [3.63, 3.8) is 0 Å². The second-order valence-corrected chi connectivity index (χ2v) is 10.5. The molecule has 5 saturated carbocycles. The van der Waals surface area contributed by atoms with E-state index in [2.05, 4.69) is 0 Å². The highest BCUT2D eigenvalue weighted by atomic mass is 32.2. The van der Waals surface area contributed by atoms with Gasteiger partial charge in [-0.3, -0.25) is 4.79 Å². The van der Waals surface area contributed by atoms with E-state index in [-0.39, 0.29) is 12.8 Å². The number of hydrogen-bond acceptors (Lipinski definition) is 5. The fraction of sp³-hybridized carbons (Fsp3) is 0.944. The molecule has 0 atom stereocenters. The zero-order valence-electron chi connectivity index (χ0n) is 14.7. The molecule has 0 aromatic carbocycles. The average Bonchev–Trinajstić information content (AvgIpc) is 2.53. The standard InChI is InChI=1S/C18H26F2O5S/c19-18(20,26(22,23)24)17(4-2-1-3-5-17)25-15(21)16-9-12-6-13(10-16)8-14(7-12)11-16/h12-14H,1-11H2,(H,22,23,24)/p-1. The first-order valence-corrected chi connectivity index (χ1v) is 11.0. The molecule has 8 heteroatoms. The maximum Gasteiger partial charge on any atom is 0.372 e. The zero-order chi connectivity index (χ0) is 18.8. The number of hydrogen-bond donors (Lipinski definition) is 0. The molecular formula is C18H25F2O5S-. The van der Waals surface area contributed by atoms with Gasteiger partial charge in [0.1, 0.15) is 0 Å². The molecular weight excluding hydrogens is 366 g/mol. The number of halogens is 2. The maximum atomic E-state index is 14.6. The average molecular weight is 391 g/mol. The molecule has 5 aliphatic rings. The van der Waals surface area contributed by atoms with Crippen LogP contribution in [0.2, 0.25) is 0 Å². The number of rotatable bonds is 4. The summed E-state index contributed by atoms with van der Waals surface area (Å²) in [6.45, 7) is 0. The molecule has 26 heavy (non-hydrogen) atoms. The van der Waals surface area contributed by atoms with E-state index in [1.54, 1.807) is 0 Å². The predicted octanol–water partition coefficient (Wildman–Crippen LogP) is 3.59. The van der Waals surface area contributed by atoms with Gasteiger partial charge in [0.15, 0.2) is 15.7 Å². The van der Waals surface area contributed by atoms with Crippen molar-refractivity contribution in [3.05, 3.63) is 0 Å². The molecule has 5 fully saturated rings. The molecule has 0 N–H and O–H groups in total. The Kier molecular flexibility index (Phi) is 4.20. The molecule has 0 aromatic rings. The van der Waals surface area contributed by atoms with E-state index < -0.39 is 32.4 Å². The lowest BCUT2D eigenvalue weighted by atomic mass is 9.49. The van der Waals surface area contributed by atoms with Crippen LogP contribution in [-0.4, -0.2) is 29.8 Å². The van der Waals surface area contributed by atoms with Crippen LogP contribution in [0.25, 0.3) is 0 Å². The van der Waals surface area contributed by atoms with Gasteiger partial charge in [-0.1, -0.05) is 6.42 Å². The highest BCUT2D eigenvalue weighted by Gasteiger charge is 2.64. The van der Waals surface area contributed by atoms with Gasteiger partial charge in [0.05, 0.1) is 5.41 Å². The fourth-order valence-electron chi connectivity index (χ4n) is 6.45. The molecule has 5 rings (SSSR count). The Morgan fingerprint density at radius 3 is 1.85 bits per heavy atom. The summed E-state index contributed by atoms with van der Waals surface area (Å²) in [6, 6.07) is 0. The quantitative estimate of drug-likeness (QED) is 0.540. The van der Waals surface area contributed by atoms with Crippen LogP contribution in [0, 0.1) is 23.2 Å². The van der Waals surface area contributed by atoms with Crippen molar-refractivity contribution < 1.29 is 31.3 Å². The van der Waals surface area contributed by atoms with E-state index in [1.807, 2.05) is 0 Å². The van der Waals surface area contributed by atoms with E-state index in [1.165, 1.54) is 0 Å². The summed E-state index contributed by atoms with van der Waals surface area (Å²) in [6.07, 6.45) is 5.93. The number of esters is 1. The van der Waals surface area contributed by atoms with E-state index in [0.29, 0.717) is 56.3 Å². The summed E-state index contributed by atoms with van der Waals surface area (Å²) < 4.78 is 68.5. The van der Waals surface area contributed by atoms with E-state index in [9.17, 15) is 26.5 Å². The lowest BCUT2D eigenvalue weighted by Crippen LogP contribution is -2.59. The number of carbonyl (C=O) groups excluding carboxylic acids is 1. The lowest BCUT2D eigenvalue weighted by Gasteiger charge is -2.56. The summed E-state index contributed by atoms with van der Waals surface area (Å²) in [5.74, 6) is 0.599. The van der Waals surface area contributed by atoms with Crippen molar-refractivity contribution in [3.8, 4) is 0 Å². The first-order chi connectivity index (χ1) is 12.1. The first kappa shape index (κ1) is 18.6. The highest BCUT2D eigenvalue weighted by molar-refractivity contribution is 7.86. The second kappa shape index (κ2) is 5.87. The van der Waals surface area contributed by atoms with Crippen LogP contribution in [0.15, 0.2) is 0 Å². The van der Waals surface area contributed by atoms with Crippen LogP contribution in [0.5, 0.6) is 0 Å². The van der Waals surface area contributed by atoms with Crippen molar-refractivity contribution in [1.29, 1.82) is 0 Å². The summed E-state index contributed by atoms with van der Waals surface area (Å²) in [4.78, 5) is 13.1. The molecule has 148 valence electrons.